The summed E-state index contributed by atoms with van der Waals surface area (Å²) >= 11 is 0. The highest BCUT2D eigenvalue weighted by atomic mass is 16.5. The predicted octanol–water partition coefficient (Wildman–Crippen LogP) is 1.69. The van der Waals surface area contributed by atoms with Crippen molar-refractivity contribution in [3.8, 4) is 5.75 Å². The zero-order valence-corrected chi connectivity index (χ0v) is 11.3. The smallest absolute Gasteiger partial charge is 0.215 e. The molecule has 2 heterocycles. The standard InChI is InChI=1S/C15H13N3O3/c1-21-11-4-5-12-13(6-11)17-18-14(12)15(20)9-2-3-10(8-19)16-7-9/h2-7,19H,8H2,1H3,(H,17,18). The fourth-order valence-corrected chi connectivity index (χ4v) is 2.09. The molecule has 0 amide bonds. The number of aromatic amines is 1. The lowest BCUT2D eigenvalue weighted by Gasteiger charge is -2.01. The van der Waals surface area contributed by atoms with Crippen LogP contribution in [0.5, 0.6) is 5.75 Å². The van der Waals surface area contributed by atoms with Crippen LogP contribution in [0.15, 0.2) is 36.5 Å². The number of nitrogens with zero attached hydrogens (tertiary/aromatic N) is 2. The number of aromatic nitrogens is 3. The molecule has 0 spiro atoms. The quantitative estimate of drug-likeness (QED) is 0.711. The topological polar surface area (TPSA) is 88.1 Å². The molecule has 0 fully saturated rings. The van der Waals surface area contributed by atoms with E-state index in [1.165, 1.54) is 6.20 Å². The van der Waals surface area contributed by atoms with Gasteiger partial charge in [-0.1, -0.05) is 0 Å². The molecule has 3 aromatic rings. The summed E-state index contributed by atoms with van der Waals surface area (Å²) in [6, 6.07) is 8.60. The Morgan fingerprint density at radius 2 is 2.19 bits per heavy atom. The van der Waals surface area contributed by atoms with Gasteiger partial charge in [0.15, 0.2) is 0 Å². The molecule has 0 saturated carbocycles. The van der Waals surface area contributed by atoms with Gasteiger partial charge in [-0.25, -0.2) is 0 Å². The van der Waals surface area contributed by atoms with Crippen molar-refractivity contribution in [2.75, 3.05) is 7.11 Å². The number of fused-ring (bicyclic) bond motifs is 1. The number of hydrogen-bond acceptors (Lipinski definition) is 5. The number of aliphatic hydroxyl groups is 1. The van der Waals surface area contributed by atoms with Crippen LogP contribution in [0.1, 0.15) is 21.7 Å². The molecule has 2 N–H and O–H groups in total. The van der Waals surface area contributed by atoms with E-state index in [1.54, 1.807) is 37.4 Å². The summed E-state index contributed by atoms with van der Waals surface area (Å²) in [4.78, 5) is 16.5. The minimum absolute atomic E-state index is 0.153. The van der Waals surface area contributed by atoms with E-state index in [1.807, 2.05) is 0 Å². The molecule has 3 rings (SSSR count). The molecule has 0 aliphatic heterocycles. The summed E-state index contributed by atoms with van der Waals surface area (Å²) < 4.78 is 5.14. The normalized spacial score (nSPS) is 10.8. The molecule has 2 aromatic heterocycles. The van der Waals surface area contributed by atoms with Gasteiger partial charge in [-0.05, 0) is 24.3 Å². The lowest BCUT2D eigenvalue weighted by atomic mass is 10.1. The van der Waals surface area contributed by atoms with E-state index in [-0.39, 0.29) is 12.4 Å². The monoisotopic (exact) mass is 283 g/mol. The van der Waals surface area contributed by atoms with E-state index in [0.29, 0.717) is 22.7 Å². The predicted molar refractivity (Wildman–Crippen MR) is 76.2 cm³/mol. The number of ether oxygens (including phenoxy) is 1. The van der Waals surface area contributed by atoms with Gasteiger partial charge in [0, 0.05) is 23.2 Å². The molecule has 0 saturated heterocycles. The number of hydrogen-bond donors (Lipinski definition) is 2. The van der Waals surface area contributed by atoms with Crippen LogP contribution in [0.3, 0.4) is 0 Å². The number of methoxy groups -OCH3 is 1. The maximum absolute atomic E-state index is 12.5. The maximum Gasteiger partial charge on any atom is 0.215 e. The minimum atomic E-state index is -0.219. The molecule has 0 unspecified atom stereocenters. The Labute approximate surface area is 120 Å². The number of nitrogens with one attached hydrogen (secondary N) is 1. The minimum Gasteiger partial charge on any atom is -0.497 e. The molecule has 21 heavy (non-hydrogen) atoms. The average Bonchev–Trinajstić information content (AvgIpc) is 2.97. The van der Waals surface area contributed by atoms with Crippen molar-refractivity contribution < 1.29 is 14.6 Å². The number of benzene rings is 1. The fourth-order valence-electron chi connectivity index (χ4n) is 2.09. The third-order valence-electron chi connectivity index (χ3n) is 3.23. The summed E-state index contributed by atoms with van der Waals surface area (Å²) in [5.74, 6) is 0.475. The molecular formula is C15H13N3O3. The van der Waals surface area contributed by atoms with Gasteiger partial charge in [0.05, 0.1) is 24.9 Å². The van der Waals surface area contributed by atoms with Crippen molar-refractivity contribution in [3.63, 3.8) is 0 Å². The first-order valence-corrected chi connectivity index (χ1v) is 6.35. The van der Waals surface area contributed by atoms with Gasteiger partial charge >= 0.3 is 0 Å². The van der Waals surface area contributed by atoms with Crippen LogP contribution in [-0.2, 0) is 6.61 Å². The molecule has 0 aliphatic rings. The highest BCUT2D eigenvalue weighted by molar-refractivity contribution is 6.14. The molecule has 6 heteroatoms. The van der Waals surface area contributed by atoms with E-state index in [9.17, 15) is 4.79 Å². The first-order chi connectivity index (χ1) is 10.2. The van der Waals surface area contributed by atoms with Gasteiger partial charge in [-0.2, -0.15) is 5.10 Å². The van der Waals surface area contributed by atoms with Crippen molar-refractivity contribution in [3.05, 3.63) is 53.5 Å². The first-order valence-electron chi connectivity index (χ1n) is 6.35. The Morgan fingerprint density at radius 1 is 1.33 bits per heavy atom. The first kappa shape index (κ1) is 13.3. The summed E-state index contributed by atoms with van der Waals surface area (Å²) in [5, 5.41) is 16.6. The molecule has 6 nitrogen and oxygen atoms in total. The van der Waals surface area contributed by atoms with Crippen molar-refractivity contribution in [2.45, 2.75) is 6.61 Å². The average molecular weight is 283 g/mol. The number of ketones is 1. The van der Waals surface area contributed by atoms with E-state index in [0.717, 1.165) is 10.9 Å². The maximum atomic E-state index is 12.5. The van der Waals surface area contributed by atoms with Crippen LogP contribution in [0.25, 0.3) is 10.9 Å². The van der Waals surface area contributed by atoms with Crippen LogP contribution in [0.2, 0.25) is 0 Å². The van der Waals surface area contributed by atoms with Crippen molar-refractivity contribution in [1.82, 2.24) is 15.2 Å². The molecule has 106 valence electrons. The van der Waals surface area contributed by atoms with Crippen LogP contribution in [0, 0.1) is 0 Å². The summed E-state index contributed by atoms with van der Waals surface area (Å²) in [5.41, 5.74) is 2.02. The SMILES string of the molecule is COc1ccc2c(C(=O)c3ccc(CO)nc3)n[nH]c2c1. The van der Waals surface area contributed by atoms with Gasteiger partial charge in [0.2, 0.25) is 5.78 Å². The van der Waals surface area contributed by atoms with E-state index >= 15 is 0 Å². The number of rotatable bonds is 4. The molecule has 0 aliphatic carbocycles. The van der Waals surface area contributed by atoms with E-state index in [4.69, 9.17) is 9.84 Å². The van der Waals surface area contributed by atoms with Crippen LogP contribution in [0.4, 0.5) is 0 Å². The lowest BCUT2D eigenvalue weighted by Crippen LogP contribution is -2.04. The second-order valence-corrected chi connectivity index (χ2v) is 4.51. The van der Waals surface area contributed by atoms with Crippen molar-refractivity contribution >= 4 is 16.7 Å². The summed E-state index contributed by atoms with van der Waals surface area (Å²) in [7, 11) is 1.58. The fraction of sp³-hybridized carbons (Fsp3) is 0.133. The van der Waals surface area contributed by atoms with Gasteiger partial charge in [0.25, 0.3) is 0 Å². The Kier molecular flexibility index (Phi) is 3.37. The van der Waals surface area contributed by atoms with Gasteiger partial charge < -0.3 is 9.84 Å². The number of aliphatic hydroxyl groups excluding tert-OH is 1. The third-order valence-corrected chi connectivity index (χ3v) is 3.23. The Balaban J connectivity index is 2.00. The Morgan fingerprint density at radius 3 is 2.86 bits per heavy atom. The van der Waals surface area contributed by atoms with Crippen LogP contribution in [-0.4, -0.2) is 33.2 Å². The largest absolute Gasteiger partial charge is 0.497 e. The number of H-pyrrole nitrogens is 1. The summed E-state index contributed by atoms with van der Waals surface area (Å²) in [6.45, 7) is -0.153. The summed E-state index contributed by atoms with van der Waals surface area (Å²) in [6.07, 6.45) is 1.44. The lowest BCUT2D eigenvalue weighted by molar-refractivity contribution is 0.103. The Hall–Kier alpha value is -2.73. The van der Waals surface area contributed by atoms with E-state index in [2.05, 4.69) is 15.2 Å². The molecule has 0 bridgehead atoms. The molecule has 1 aromatic carbocycles. The van der Waals surface area contributed by atoms with Crippen molar-refractivity contribution in [1.29, 1.82) is 0 Å². The van der Waals surface area contributed by atoms with Gasteiger partial charge in [-0.15, -0.1) is 0 Å². The number of pyridine rings is 1. The highest BCUT2D eigenvalue weighted by Crippen LogP contribution is 2.23. The third kappa shape index (κ3) is 2.36. The van der Waals surface area contributed by atoms with Gasteiger partial charge in [-0.3, -0.25) is 14.9 Å². The molecule has 0 atom stereocenters. The zero-order chi connectivity index (χ0) is 14.8. The molecular weight excluding hydrogens is 270 g/mol. The van der Waals surface area contributed by atoms with Crippen molar-refractivity contribution in [2.24, 2.45) is 0 Å². The number of carbonyl (C=O) groups is 1. The number of carbonyl (C=O) groups excluding carboxylic acids is 1. The molecule has 0 radical (unpaired) electrons. The second-order valence-electron chi connectivity index (χ2n) is 4.51. The highest BCUT2D eigenvalue weighted by Gasteiger charge is 2.16. The Bertz CT molecular complexity index is 794. The van der Waals surface area contributed by atoms with Crippen LogP contribution >= 0.6 is 0 Å². The zero-order valence-electron chi connectivity index (χ0n) is 11.3. The second kappa shape index (κ2) is 5.34. The van der Waals surface area contributed by atoms with E-state index < -0.39 is 0 Å². The van der Waals surface area contributed by atoms with Crippen LogP contribution < -0.4 is 4.74 Å². The van der Waals surface area contributed by atoms with Gasteiger partial charge in [0.1, 0.15) is 11.4 Å².